The molecule has 2 N–H and O–H groups in total. The van der Waals surface area contributed by atoms with Crippen LogP contribution < -0.4 is 5.32 Å². The SMILES string of the molecule is CC1(F)CCN(C(=O)NCc2ccc(C(=O)O)cc2)C1. The van der Waals surface area contributed by atoms with Crippen molar-refractivity contribution in [1.29, 1.82) is 0 Å². The highest BCUT2D eigenvalue weighted by Gasteiger charge is 2.35. The Morgan fingerprint density at radius 1 is 1.40 bits per heavy atom. The van der Waals surface area contributed by atoms with Gasteiger partial charge in [-0.05, 0) is 24.6 Å². The first-order valence-corrected chi connectivity index (χ1v) is 6.41. The molecule has 0 aromatic heterocycles. The normalized spacial score (nSPS) is 21.8. The largest absolute Gasteiger partial charge is 0.478 e. The minimum atomic E-state index is -1.31. The van der Waals surface area contributed by atoms with Crippen LogP contribution in [0.4, 0.5) is 9.18 Å². The number of benzene rings is 1. The molecule has 1 aromatic rings. The van der Waals surface area contributed by atoms with Gasteiger partial charge in [-0.15, -0.1) is 0 Å². The molecule has 0 saturated carbocycles. The number of nitrogens with zero attached hydrogens (tertiary/aromatic N) is 1. The van der Waals surface area contributed by atoms with E-state index in [0.29, 0.717) is 13.0 Å². The summed E-state index contributed by atoms with van der Waals surface area (Å²) in [4.78, 5) is 24.0. The summed E-state index contributed by atoms with van der Waals surface area (Å²) in [5.41, 5.74) is -0.307. The molecule has 2 amide bonds. The zero-order valence-electron chi connectivity index (χ0n) is 11.2. The first-order chi connectivity index (χ1) is 9.37. The van der Waals surface area contributed by atoms with Gasteiger partial charge in [-0.2, -0.15) is 0 Å². The Bertz CT molecular complexity index is 514. The summed E-state index contributed by atoms with van der Waals surface area (Å²) in [6.07, 6.45) is 0.355. The van der Waals surface area contributed by atoms with Crippen molar-refractivity contribution in [2.45, 2.75) is 25.6 Å². The Morgan fingerprint density at radius 2 is 2.05 bits per heavy atom. The Balaban J connectivity index is 1.86. The zero-order valence-corrected chi connectivity index (χ0v) is 11.2. The molecule has 0 aliphatic carbocycles. The van der Waals surface area contributed by atoms with Gasteiger partial charge < -0.3 is 15.3 Å². The molecule has 0 radical (unpaired) electrons. The van der Waals surface area contributed by atoms with Crippen LogP contribution in [-0.4, -0.2) is 40.8 Å². The molecule has 5 nitrogen and oxygen atoms in total. The Labute approximate surface area is 116 Å². The second-order valence-electron chi connectivity index (χ2n) is 5.25. The molecule has 1 aromatic carbocycles. The van der Waals surface area contributed by atoms with Crippen molar-refractivity contribution in [3.8, 4) is 0 Å². The van der Waals surface area contributed by atoms with Crippen molar-refractivity contribution in [3.05, 3.63) is 35.4 Å². The number of carbonyl (C=O) groups is 2. The number of likely N-dealkylation sites (tertiary alicyclic amines) is 1. The number of aromatic carboxylic acids is 1. The fourth-order valence-corrected chi connectivity index (χ4v) is 2.15. The van der Waals surface area contributed by atoms with E-state index in [2.05, 4.69) is 5.32 Å². The zero-order chi connectivity index (χ0) is 14.8. The standard InChI is InChI=1S/C14H17FN2O3/c1-14(15)6-7-17(9-14)13(20)16-8-10-2-4-11(5-3-10)12(18)19/h2-5H,6-9H2,1H3,(H,16,20)(H,18,19). The average molecular weight is 280 g/mol. The van der Waals surface area contributed by atoms with Gasteiger partial charge in [0, 0.05) is 19.5 Å². The van der Waals surface area contributed by atoms with Crippen molar-refractivity contribution >= 4 is 12.0 Å². The number of alkyl halides is 1. The lowest BCUT2D eigenvalue weighted by Gasteiger charge is -2.18. The number of urea groups is 1. The third-order valence-corrected chi connectivity index (χ3v) is 3.36. The van der Waals surface area contributed by atoms with Gasteiger partial charge in [0.1, 0.15) is 5.67 Å². The lowest BCUT2D eigenvalue weighted by molar-refractivity contribution is 0.0697. The molecule has 1 heterocycles. The van der Waals surface area contributed by atoms with Crippen LogP contribution in [0.3, 0.4) is 0 Å². The van der Waals surface area contributed by atoms with Crippen LogP contribution in [0.15, 0.2) is 24.3 Å². The fraction of sp³-hybridized carbons (Fsp3) is 0.429. The van der Waals surface area contributed by atoms with Gasteiger partial charge in [-0.25, -0.2) is 14.0 Å². The summed E-state index contributed by atoms with van der Waals surface area (Å²) in [7, 11) is 0. The molecule has 6 heteroatoms. The van der Waals surface area contributed by atoms with Crippen molar-refractivity contribution in [3.63, 3.8) is 0 Å². The van der Waals surface area contributed by atoms with E-state index in [1.807, 2.05) is 0 Å². The van der Waals surface area contributed by atoms with Gasteiger partial charge in [0.05, 0.1) is 12.1 Å². The van der Waals surface area contributed by atoms with Crippen LogP contribution in [0, 0.1) is 0 Å². The first kappa shape index (κ1) is 14.3. The molecule has 20 heavy (non-hydrogen) atoms. The molecule has 1 aliphatic rings. The van der Waals surface area contributed by atoms with Crippen LogP contribution in [0.25, 0.3) is 0 Å². The maximum atomic E-state index is 13.6. The molecule has 1 atom stereocenters. The van der Waals surface area contributed by atoms with E-state index in [-0.39, 0.29) is 24.7 Å². The number of nitrogens with one attached hydrogen (secondary N) is 1. The van der Waals surface area contributed by atoms with Gasteiger partial charge in [0.2, 0.25) is 0 Å². The molecule has 0 bridgehead atoms. The summed E-state index contributed by atoms with van der Waals surface area (Å²) in [6, 6.07) is 5.96. The Hall–Kier alpha value is -2.11. The van der Waals surface area contributed by atoms with E-state index in [1.54, 1.807) is 12.1 Å². The van der Waals surface area contributed by atoms with E-state index in [9.17, 15) is 14.0 Å². The minimum absolute atomic E-state index is 0.108. The van der Waals surface area contributed by atoms with E-state index in [0.717, 1.165) is 5.56 Å². The fourth-order valence-electron chi connectivity index (χ4n) is 2.15. The molecule has 1 aliphatic heterocycles. The van der Waals surface area contributed by atoms with Crippen LogP contribution in [0.2, 0.25) is 0 Å². The minimum Gasteiger partial charge on any atom is -0.478 e. The second kappa shape index (κ2) is 5.48. The third kappa shape index (κ3) is 3.46. The quantitative estimate of drug-likeness (QED) is 0.890. The molecule has 0 spiro atoms. The molecule has 108 valence electrons. The van der Waals surface area contributed by atoms with Gasteiger partial charge in [0.15, 0.2) is 0 Å². The third-order valence-electron chi connectivity index (χ3n) is 3.36. The van der Waals surface area contributed by atoms with Crippen LogP contribution in [-0.2, 0) is 6.54 Å². The van der Waals surface area contributed by atoms with Gasteiger partial charge in [-0.3, -0.25) is 0 Å². The maximum absolute atomic E-state index is 13.6. The number of carbonyl (C=O) groups excluding carboxylic acids is 1. The highest BCUT2D eigenvalue weighted by molar-refractivity contribution is 5.87. The summed E-state index contributed by atoms with van der Waals surface area (Å²) >= 11 is 0. The van der Waals surface area contributed by atoms with Crippen molar-refractivity contribution in [2.75, 3.05) is 13.1 Å². The van der Waals surface area contributed by atoms with E-state index < -0.39 is 11.6 Å². The van der Waals surface area contributed by atoms with Gasteiger partial charge in [0.25, 0.3) is 0 Å². The Kier molecular flexibility index (Phi) is 3.92. The average Bonchev–Trinajstić information content (AvgIpc) is 2.77. The summed E-state index contributed by atoms with van der Waals surface area (Å²) in [5, 5.41) is 11.5. The Morgan fingerprint density at radius 3 is 2.55 bits per heavy atom. The number of amides is 2. The number of hydrogen-bond acceptors (Lipinski definition) is 2. The van der Waals surface area contributed by atoms with Crippen molar-refractivity contribution < 1.29 is 19.1 Å². The predicted octanol–water partition coefficient (Wildman–Crippen LogP) is 2.03. The monoisotopic (exact) mass is 280 g/mol. The highest BCUT2D eigenvalue weighted by atomic mass is 19.1. The molecule has 1 unspecified atom stereocenters. The predicted molar refractivity (Wildman–Crippen MR) is 71.3 cm³/mol. The molecule has 1 saturated heterocycles. The van der Waals surface area contributed by atoms with Gasteiger partial charge in [-0.1, -0.05) is 12.1 Å². The van der Waals surface area contributed by atoms with Gasteiger partial charge >= 0.3 is 12.0 Å². The second-order valence-corrected chi connectivity index (χ2v) is 5.25. The number of carboxylic acid groups (broad SMARTS) is 1. The topological polar surface area (TPSA) is 69.6 Å². The molecular weight excluding hydrogens is 263 g/mol. The number of carboxylic acids is 1. The van der Waals surface area contributed by atoms with Crippen LogP contribution in [0.5, 0.6) is 0 Å². The van der Waals surface area contributed by atoms with Crippen LogP contribution >= 0.6 is 0 Å². The smallest absolute Gasteiger partial charge is 0.335 e. The number of hydrogen-bond donors (Lipinski definition) is 2. The van der Waals surface area contributed by atoms with Crippen molar-refractivity contribution in [2.24, 2.45) is 0 Å². The van der Waals surface area contributed by atoms with E-state index in [4.69, 9.17) is 5.11 Å². The summed E-state index contributed by atoms with van der Waals surface area (Å²) < 4.78 is 13.6. The van der Waals surface area contributed by atoms with Crippen LogP contribution in [0.1, 0.15) is 29.3 Å². The molecule has 2 rings (SSSR count). The number of halogens is 1. The summed E-state index contributed by atoms with van der Waals surface area (Å²) in [6.45, 7) is 2.30. The van der Waals surface area contributed by atoms with E-state index >= 15 is 0 Å². The summed E-state index contributed by atoms with van der Waals surface area (Å²) in [5.74, 6) is -0.986. The number of rotatable bonds is 3. The highest BCUT2D eigenvalue weighted by Crippen LogP contribution is 2.24. The first-order valence-electron chi connectivity index (χ1n) is 6.41. The molecular formula is C14H17FN2O3. The van der Waals surface area contributed by atoms with E-state index in [1.165, 1.54) is 24.0 Å². The molecule has 1 fully saturated rings. The lowest BCUT2D eigenvalue weighted by Crippen LogP contribution is -2.39. The van der Waals surface area contributed by atoms with Crippen molar-refractivity contribution in [1.82, 2.24) is 10.2 Å². The maximum Gasteiger partial charge on any atom is 0.335 e. The lowest BCUT2D eigenvalue weighted by atomic mass is 10.1.